The van der Waals surface area contributed by atoms with E-state index in [-0.39, 0.29) is 0 Å². The Kier molecular flexibility index (Phi) is 4.04. The monoisotopic (exact) mass is 263 g/mol. The van der Waals surface area contributed by atoms with Crippen LogP contribution in [0, 0.1) is 0 Å². The van der Waals surface area contributed by atoms with Gasteiger partial charge in [0.05, 0.1) is 11.4 Å². The van der Waals surface area contributed by atoms with Crippen molar-refractivity contribution in [2.75, 3.05) is 6.54 Å². The molecule has 1 aromatic heterocycles. The summed E-state index contributed by atoms with van der Waals surface area (Å²) in [6.45, 7) is 4.87. The van der Waals surface area contributed by atoms with Gasteiger partial charge in [-0.25, -0.2) is 4.68 Å². The Morgan fingerprint density at radius 2 is 2.11 bits per heavy atom. The molecule has 0 saturated carbocycles. The second kappa shape index (κ2) is 5.55. The molecule has 0 spiro atoms. The summed E-state index contributed by atoms with van der Waals surface area (Å²) in [5.74, 6) is 0.427. The fourth-order valence-electron chi connectivity index (χ4n) is 1.91. The summed E-state index contributed by atoms with van der Waals surface area (Å²) in [5.41, 5.74) is 8.91. The first-order chi connectivity index (χ1) is 8.61. The van der Waals surface area contributed by atoms with E-state index in [1.807, 2.05) is 35.1 Å². The van der Waals surface area contributed by atoms with Gasteiger partial charge in [-0.1, -0.05) is 25.4 Å². The second-order valence-electron chi connectivity index (χ2n) is 4.65. The molecule has 0 fully saturated rings. The van der Waals surface area contributed by atoms with Crippen LogP contribution in [0.3, 0.4) is 0 Å². The standard InChI is InChI=1S/C14H18ClN3/c1-10(2)13-6-8-18(17-13)14-4-3-12(15)9-11(14)5-7-16/h3-4,6,8-10H,5,7,16H2,1-2H3. The van der Waals surface area contributed by atoms with E-state index in [9.17, 15) is 0 Å². The molecular formula is C14H18ClN3. The summed E-state index contributed by atoms with van der Waals surface area (Å²) < 4.78 is 1.90. The van der Waals surface area contributed by atoms with Gasteiger partial charge in [0, 0.05) is 11.2 Å². The molecule has 2 N–H and O–H groups in total. The van der Waals surface area contributed by atoms with Gasteiger partial charge in [0.25, 0.3) is 0 Å². The first-order valence-electron chi connectivity index (χ1n) is 6.16. The Hall–Kier alpha value is -1.32. The average molecular weight is 264 g/mol. The van der Waals surface area contributed by atoms with Gasteiger partial charge in [-0.05, 0) is 48.7 Å². The van der Waals surface area contributed by atoms with Crippen LogP contribution in [0.25, 0.3) is 5.69 Å². The van der Waals surface area contributed by atoms with Crippen molar-refractivity contribution in [3.8, 4) is 5.69 Å². The van der Waals surface area contributed by atoms with Crippen molar-refractivity contribution >= 4 is 11.6 Å². The molecule has 4 heteroatoms. The largest absolute Gasteiger partial charge is 0.330 e. The van der Waals surface area contributed by atoms with Crippen molar-refractivity contribution < 1.29 is 0 Å². The quantitative estimate of drug-likeness (QED) is 0.921. The Morgan fingerprint density at radius 3 is 2.72 bits per heavy atom. The van der Waals surface area contributed by atoms with Crippen LogP contribution >= 0.6 is 11.6 Å². The lowest BCUT2D eigenvalue weighted by molar-refractivity contribution is 0.762. The van der Waals surface area contributed by atoms with Gasteiger partial charge in [0.2, 0.25) is 0 Å². The summed E-state index contributed by atoms with van der Waals surface area (Å²) in [4.78, 5) is 0. The highest BCUT2D eigenvalue weighted by Crippen LogP contribution is 2.21. The number of nitrogens with two attached hydrogens (primary N) is 1. The molecule has 0 aliphatic rings. The van der Waals surface area contributed by atoms with E-state index in [1.165, 1.54) is 0 Å². The molecule has 1 aromatic carbocycles. The molecule has 0 atom stereocenters. The van der Waals surface area contributed by atoms with E-state index in [2.05, 4.69) is 18.9 Å². The number of hydrogen-bond acceptors (Lipinski definition) is 2. The summed E-state index contributed by atoms with van der Waals surface area (Å²) in [7, 11) is 0. The highest BCUT2D eigenvalue weighted by molar-refractivity contribution is 6.30. The summed E-state index contributed by atoms with van der Waals surface area (Å²) >= 11 is 6.03. The predicted molar refractivity (Wildman–Crippen MR) is 75.4 cm³/mol. The molecule has 1 heterocycles. The van der Waals surface area contributed by atoms with Gasteiger partial charge in [0.1, 0.15) is 0 Å². The first kappa shape index (κ1) is 13.1. The third-order valence-electron chi connectivity index (χ3n) is 2.90. The van der Waals surface area contributed by atoms with Crippen molar-refractivity contribution in [3.63, 3.8) is 0 Å². The van der Waals surface area contributed by atoms with E-state index < -0.39 is 0 Å². The highest BCUT2D eigenvalue weighted by Gasteiger charge is 2.08. The van der Waals surface area contributed by atoms with Gasteiger partial charge in [0.15, 0.2) is 0 Å². The third kappa shape index (κ3) is 2.74. The molecule has 0 bridgehead atoms. The van der Waals surface area contributed by atoms with Gasteiger partial charge in [-0.2, -0.15) is 5.10 Å². The average Bonchev–Trinajstić information content (AvgIpc) is 2.79. The molecule has 2 rings (SSSR count). The van der Waals surface area contributed by atoms with Crippen molar-refractivity contribution in [2.45, 2.75) is 26.2 Å². The normalized spacial score (nSPS) is 11.2. The van der Waals surface area contributed by atoms with Crippen LogP contribution < -0.4 is 5.73 Å². The van der Waals surface area contributed by atoms with Crippen LogP contribution in [0.1, 0.15) is 31.0 Å². The Bertz CT molecular complexity index is 532. The summed E-state index contributed by atoms with van der Waals surface area (Å²) in [6.07, 6.45) is 2.78. The number of rotatable bonds is 4. The molecular weight excluding hydrogens is 246 g/mol. The van der Waals surface area contributed by atoms with Gasteiger partial charge < -0.3 is 5.73 Å². The van der Waals surface area contributed by atoms with Crippen molar-refractivity contribution in [2.24, 2.45) is 5.73 Å². The lowest BCUT2D eigenvalue weighted by Crippen LogP contribution is -2.07. The number of halogens is 1. The van der Waals surface area contributed by atoms with E-state index in [0.717, 1.165) is 28.4 Å². The van der Waals surface area contributed by atoms with Crippen LogP contribution in [0.15, 0.2) is 30.5 Å². The van der Waals surface area contributed by atoms with Crippen LogP contribution in [0.2, 0.25) is 5.02 Å². The highest BCUT2D eigenvalue weighted by atomic mass is 35.5. The molecule has 0 saturated heterocycles. The fraction of sp³-hybridized carbons (Fsp3) is 0.357. The zero-order chi connectivity index (χ0) is 13.1. The number of aromatic nitrogens is 2. The Balaban J connectivity index is 2.42. The maximum Gasteiger partial charge on any atom is 0.0679 e. The Labute approximate surface area is 113 Å². The molecule has 18 heavy (non-hydrogen) atoms. The van der Waals surface area contributed by atoms with E-state index in [0.29, 0.717) is 12.5 Å². The zero-order valence-corrected chi connectivity index (χ0v) is 11.5. The topological polar surface area (TPSA) is 43.8 Å². The predicted octanol–water partition coefficient (Wildman–Crippen LogP) is 3.15. The van der Waals surface area contributed by atoms with Crippen molar-refractivity contribution in [1.29, 1.82) is 0 Å². The summed E-state index contributed by atoms with van der Waals surface area (Å²) in [6, 6.07) is 7.88. The molecule has 0 aliphatic carbocycles. The zero-order valence-electron chi connectivity index (χ0n) is 10.7. The summed E-state index contributed by atoms with van der Waals surface area (Å²) in [5, 5.41) is 5.32. The van der Waals surface area contributed by atoms with Crippen LogP contribution in [0.5, 0.6) is 0 Å². The van der Waals surface area contributed by atoms with Gasteiger partial charge in [-0.3, -0.25) is 0 Å². The van der Waals surface area contributed by atoms with Crippen molar-refractivity contribution in [3.05, 3.63) is 46.7 Å². The first-order valence-corrected chi connectivity index (χ1v) is 6.54. The SMILES string of the molecule is CC(C)c1ccn(-c2ccc(Cl)cc2CCN)n1. The maximum absolute atomic E-state index is 6.03. The molecule has 0 amide bonds. The van der Waals surface area contributed by atoms with Gasteiger partial charge in [-0.15, -0.1) is 0 Å². The minimum absolute atomic E-state index is 0.427. The fourth-order valence-corrected chi connectivity index (χ4v) is 2.11. The second-order valence-corrected chi connectivity index (χ2v) is 5.09. The lowest BCUT2D eigenvalue weighted by Gasteiger charge is -2.09. The molecule has 2 aromatic rings. The lowest BCUT2D eigenvalue weighted by atomic mass is 10.1. The van der Waals surface area contributed by atoms with Crippen LogP contribution in [-0.4, -0.2) is 16.3 Å². The molecule has 0 aliphatic heterocycles. The molecule has 0 unspecified atom stereocenters. The third-order valence-corrected chi connectivity index (χ3v) is 3.14. The van der Waals surface area contributed by atoms with Crippen LogP contribution in [0.4, 0.5) is 0 Å². The Morgan fingerprint density at radius 1 is 1.33 bits per heavy atom. The van der Waals surface area contributed by atoms with E-state index in [4.69, 9.17) is 17.3 Å². The van der Waals surface area contributed by atoms with Gasteiger partial charge >= 0.3 is 0 Å². The number of benzene rings is 1. The maximum atomic E-state index is 6.03. The minimum Gasteiger partial charge on any atom is -0.330 e. The van der Waals surface area contributed by atoms with Crippen LogP contribution in [-0.2, 0) is 6.42 Å². The van der Waals surface area contributed by atoms with E-state index in [1.54, 1.807) is 0 Å². The minimum atomic E-state index is 0.427. The number of nitrogens with zero attached hydrogens (tertiary/aromatic N) is 2. The molecule has 96 valence electrons. The molecule has 3 nitrogen and oxygen atoms in total. The number of hydrogen-bond donors (Lipinski definition) is 1. The smallest absolute Gasteiger partial charge is 0.0679 e. The van der Waals surface area contributed by atoms with E-state index >= 15 is 0 Å². The van der Waals surface area contributed by atoms with Crippen molar-refractivity contribution in [1.82, 2.24) is 9.78 Å². The molecule has 0 radical (unpaired) electrons.